The van der Waals surface area contributed by atoms with Gasteiger partial charge >= 0.3 is 0 Å². The number of nitrogens with one attached hydrogen (secondary N) is 3. The molecular formula is C23H22ClN3O4S. The Balaban J connectivity index is 1.27. The number of halogens is 1. The van der Waals surface area contributed by atoms with Crippen LogP contribution in [-0.2, 0) is 14.8 Å². The third kappa shape index (κ3) is 5.79. The standard InChI is InChI=1S/C23H22ClN3O4S/c24-21-14-17(16-4-2-1-3-5-16)6-13-22(21)31-15-23(28)26-25-18-9-11-20(12-10-18)32(29,30)27-19-7-8-19/h1-6,9-14,19,25,27H,7-8,15H2,(H,26,28). The lowest BCUT2D eigenvalue weighted by atomic mass is 10.1. The summed E-state index contributed by atoms with van der Waals surface area (Å²) in [6.45, 7) is -0.241. The third-order valence-electron chi connectivity index (χ3n) is 4.81. The Morgan fingerprint density at radius 2 is 1.69 bits per heavy atom. The molecule has 1 saturated carbocycles. The molecule has 3 aromatic rings. The number of amides is 1. The summed E-state index contributed by atoms with van der Waals surface area (Å²) in [6, 6.07) is 21.3. The predicted molar refractivity (Wildman–Crippen MR) is 124 cm³/mol. The molecule has 0 aromatic heterocycles. The normalized spacial score (nSPS) is 13.4. The summed E-state index contributed by atoms with van der Waals surface area (Å²) >= 11 is 6.30. The SMILES string of the molecule is O=C(COc1ccc(-c2ccccc2)cc1Cl)NNc1ccc(S(=O)(=O)NC2CC2)cc1. The number of carbonyl (C=O) groups excluding carboxylic acids is 1. The molecule has 0 atom stereocenters. The second-order valence-corrected chi connectivity index (χ2v) is 9.51. The molecule has 9 heteroatoms. The molecular weight excluding hydrogens is 450 g/mol. The smallest absolute Gasteiger partial charge is 0.276 e. The highest BCUT2D eigenvalue weighted by atomic mass is 35.5. The summed E-state index contributed by atoms with van der Waals surface area (Å²) < 4.78 is 32.5. The Morgan fingerprint density at radius 3 is 2.34 bits per heavy atom. The molecule has 1 fully saturated rings. The summed E-state index contributed by atoms with van der Waals surface area (Å²) in [6.07, 6.45) is 1.74. The van der Waals surface area contributed by atoms with Crippen molar-refractivity contribution >= 4 is 33.2 Å². The van der Waals surface area contributed by atoms with E-state index in [0.717, 1.165) is 24.0 Å². The van der Waals surface area contributed by atoms with E-state index in [2.05, 4.69) is 15.6 Å². The molecule has 0 radical (unpaired) electrons. The van der Waals surface area contributed by atoms with Gasteiger partial charge in [-0.3, -0.25) is 15.6 Å². The van der Waals surface area contributed by atoms with Crippen molar-refractivity contribution in [3.8, 4) is 16.9 Å². The van der Waals surface area contributed by atoms with E-state index in [-0.39, 0.29) is 17.5 Å². The van der Waals surface area contributed by atoms with Crippen molar-refractivity contribution in [2.24, 2.45) is 0 Å². The van der Waals surface area contributed by atoms with E-state index in [9.17, 15) is 13.2 Å². The molecule has 4 rings (SSSR count). The summed E-state index contributed by atoms with van der Waals surface area (Å²) in [5.41, 5.74) is 7.75. The molecule has 166 valence electrons. The number of anilines is 1. The Kier molecular flexibility index (Phi) is 6.64. The van der Waals surface area contributed by atoms with Gasteiger partial charge in [0, 0.05) is 6.04 Å². The first-order valence-corrected chi connectivity index (χ1v) is 11.9. The van der Waals surface area contributed by atoms with Crippen LogP contribution in [0, 0.1) is 0 Å². The molecule has 1 amide bonds. The van der Waals surface area contributed by atoms with Crippen LogP contribution in [-0.4, -0.2) is 27.0 Å². The van der Waals surface area contributed by atoms with Gasteiger partial charge in [-0.2, -0.15) is 0 Å². The van der Waals surface area contributed by atoms with Gasteiger partial charge in [-0.1, -0.05) is 48.0 Å². The molecule has 1 aliphatic rings. The number of benzene rings is 3. The fourth-order valence-electron chi connectivity index (χ4n) is 2.96. The van der Waals surface area contributed by atoms with Crippen molar-refractivity contribution in [2.45, 2.75) is 23.8 Å². The fourth-order valence-corrected chi connectivity index (χ4v) is 4.50. The third-order valence-corrected chi connectivity index (χ3v) is 6.64. The number of sulfonamides is 1. The zero-order valence-electron chi connectivity index (χ0n) is 17.0. The van der Waals surface area contributed by atoms with Crippen LogP contribution < -0.4 is 20.3 Å². The lowest BCUT2D eigenvalue weighted by molar-refractivity contribution is -0.122. The van der Waals surface area contributed by atoms with E-state index >= 15 is 0 Å². The summed E-state index contributed by atoms with van der Waals surface area (Å²) in [7, 11) is -3.51. The van der Waals surface area contributed by atoms with Gasteiger partial charge in [-0.25, -0.2) is 13.1 Å². The molecule has 0 bridgehead atoms. The Hall–Kier alpha value is -3.07. The number of hydrogen-bond donors (Lipinski definition) is 3. The molecule has 0 heterocycles. The molecule has 3 aromatic carbocycles. The van der Waals surface area contributed by atoms with Gasteiger partial charge in [0.25, 0.3) is 5.91 Å². The highest BCUT2D eigenvalue weighted by Crippen LogP contribution is 2.30. The second-order valence-electron chi connectivity index (χ2n) is 7.39. The topological polar surface area (TPSA) is 96.5 Å². The maximum Gasteiger partial charge on any atom is 0.276 e. The van der Waals surface area contributed by atoms with Gasteiger partial charge in [0.05, 0.1) is 15.6 Å². The minimum atomic E-state index is -3.51. The van der Waals surface area contributed by atoms with Gasteiger partial charge in [-0.15, -0.1) is 0 Å². The predicted octanol–water partition coefficient (Wildman–Crippen LogP) is 3.97. The van der Waals surface area contributed by atoms with E-state index < -0.39 is 15.9 Å². The molecule has 0 aliphatic heterocycles. The zero-order chi connectivity index (χ0) is 22.6. The zero-order valence-corrected chi connectivity index (χ0v) is 18.6. The van der Waals surface area contributed by atoms with Crippen LogP contribution in [0.4, 0.5) is 5.69 Å². The maximum absolute atomic E-state index is 12.2. The van der Waals surface area contributed by atoms with E-state index in [4.69, 9.17) is 16.3 Å². The Bertz CT molecular complexity index is 1200. The monoisotopic (exact) mass is 471 g/mol. The first-order chi connectivity index (χ1) is 15.4. The van der Waals surface area contributed by atoms with Crippen molar-refractivity contribution in [3.05, 3.63) is 77.8 Å². The molecule has 7 nitrogen and oxygen atoms in total. The van der Waals surface area contributed by atoms with Crippen LogP contribution in [0.2, 0.25) is 5.02 Å². The minimum Gasteiger partial charge on any atom is -0.482 e. The van der Waals surface area contributed by atoms with E-state index in [0.29, 0.717) is 16.5 Å². The first-order valence-electron chi connectivity index (χ1n) is 10.1. The van der Waals surface area contributed by atoms with Gasteiger partial charge in [0.2, 0.25) is 10.0 Å². The van der Waals surface area contributed by atoms with Crippen LogP contribution in [0.25, 0.3) is 11.1 Å². The largest absolute Gasteiger partial charge is 0.482 e. The lowest BCUT2D eigenvalue weighted by Crippen LogP contribution is -2.33. The molecule has 32 heavy (non-hydrogen) atoms. The highest BCUT2D eigenvalue weighted by molar-refractivity contribution is 7.89. The summed E-state index contributed by atoms with van der Waals surface area (Å²) in [4.78, 5) is 12.3. The Morgan fingerprint density at radius 1 is 0.969 bits per heavy atom. The molecule has 1 aliphatic carbocycles. The van der Waals surface area contributed by atoms with E-state index in [1.807, 2.05) is 36.4 Å². The molecule has 0 spiro atoms. The van der Waals surface area contributed by atoms with Crippen molar-refractivity contribution in [3.63, 3.8) is 0 Å². The number of ether oxygens (including phenoxy) is 1. The highest BCUT2D eigenvalue weighted by Gasteiger charge is 2.27. The number of carbonyl (C=O) groups is 1. The van der Waals surface area contributed by atoms with Gasteiger partial charge in [0.1, 0.15) is 5.75 Å². The molecule has 3 N–H and O–H groups in total. The van der Waals surface area contributed by atoms with Crippen LogP contribution in [0.1, 0.15) is 12.8 Å². The van der Waals surface area contributed by atoms with Crippen molar-refractivity contribution in [1.82, 2.24) is 10.1 Å². The summed E-state index contributed by atoms with van der Waals surface area (Å²) in [5.74, 6) is -0.0143. The molecule has 0 unspecified atom stereocenters. The van der Waals surface area contributed by atoms with Crippen LogP contribution >= 0.6 is 11.6 Å². The van der Waals surface area contributed by atoms with Gasteiger partial charge in [0.15, 0.2) is 6.61 Å². The Labute approximate surface area is 191 Å². The van der Waals surface area contributed by atoms with Crippen molar-refractivity contribution < 1.29 is 17.9 Å². The van der Waals surface area contributed by atoms with E-state index in [1.54, 1.807) is 24.3 Å². The average Bonchev–Trinajstić information content (AvgIpc) is 3.61. The summed E-state index contributed by atoms with van der Waals surface area (Å²) in [5, 5.41) is 0.406. The van der Waals surface area contributed by atoms with E-state index in [1.165, 1.54) is 12.1 Å². The minimum absolute atomic E-state index is 0.0418. The van der Waals surface area contributed by atoms with Crippen molar-refractivity contribution in [1.29, 1.82) is 0 Å². The second kappa shape index (κ2) is 9.60. The average molecular weight is 472 g/mol. The lowest BCUT2D eigenvalue weighted by Gasteiger charge is -2.12. The van der Waals surface area contributed by atoms with Gasteiger partial charge in [-0.05, 0) is 60.4 Å². The quantitative estimate of drug-likeness (QED) is 0.410. The number of hydrazine groups is 1. The molecule has 0 saturated heterocycles. The van der Waals surface area contributed by atoms with Crippen LogP contribution in [0.5, 0.6) is 5.75 Å². The maximum atomic E-state index is 12.2. The first kappa shape index (κ1) is 22.1. The van der Waals surface area contributed by atoms with Gasteiger partial charge < -0.3 is 4.74 Å². The fraction of sp³-hybridized carbons (Fsp3) is 0.174. The van der Waals surface area contributed by atoms with Crippen LogP contribution in [0.15, 0.2) is 77.7 Å². The van der Waals surface area contributed by atoms with Crippen LogP contribution in [0.3, 0.4) is 0 Å². The van der Waals surface area contributed by atoms with Crippen molar-refractivity contribution in [2.75, 3.05) is 12.0 Å². The number of rotatable bonds is 9. The number of hydrogen-bond acceptors (Lipinski definition) is 5.